The fraction of sp³-hybridized carbons (Fsp3) is 0.235. The molecule has 0 aliphatic heterocycles. The first-order valence-corrected chi connectivity index (χ1v) is 8.36. The van der Waals surface area contributed by atoms with Crippen LogP contribution in [0.4, 0.5) is 0 Å². The van der Waals surface area contributed by atoms with Crippen LogP contribution >= 0.6 is 11.3 Å². The highest BCUT2D eigenvalue weighted by molar-refractivity contribution is 7.15. The van der Waals surface area contributed by atoms with E-state index in [0.29, 0.717) is 12.1 Å². The molecule has 7 heteroatoms. The Balaban J connectivity index is 1.66. The van der Waals surface area contributed by atoms with Crippen LogP contribution in [-0.4, -0.2) is 34.4 Å². The number of aromatic nitrogens is 2. The summed E-state index contributed by atoms with van der Waals surface area (Å²) in [5.74, 6) is -0.717. The van der Waals surface area contributed by atoms with E-state index in [4.69, 9.17) is 4.74 Å². The van der Waals surface area contributed by atoms with Gasteiger partial charge in [0.2, 0.25) is 5.91 Å². The molecule has 0 unspecified atom stereocenters. The van der Waals surface area contributed by atoms with Gasteiger partial charge in [-0.15, -0.1) is 11.3 Å². The van der Waals surface area contributed by atoms with Crippen molar-refractivity contribution in [2.24, 2.45) is 0 Å². The van der Waals surface area contributed by atoms with Gasteiger partial charge in [-0.3, -0.25) is 9.20 Å². The van der Waals surface area contributed by atoms with Crippen molar-refractivity contribution >= 4 is 28.2 Å². The van der Waals surface area contributed by atoms with E-state index >= 15 is 0 Å². The van der Waals surface area contributed by atoms with Gasteiger partial charge in [0.25, 0.3) is 0 Å². The molecule has 1 aromatic carbocycles. The smallest absolute Gasteiger partial charge is 0.328 e. The average Bonchev–Trinajstić information content (AvgIpc) is 3.15. The van der Waals surface area contributed by atoms with E-state index < -0.39 is 12.0 Å². The van der Waals surface area contributed by atoms with Crippen molar-refractivity contribution in [1.82, 2.24) is 14.7 Å². The molecule has 24 heavy (non-hydrogen) atoms. The van der Waals surface area contributed by atoms with Crippen LogP contribution in [-0.2, 0) is 27.2 Å². The number of hydrogen-bond donors (Lipinski definition) is 1. The number of hydrogen-bond acceptors (Lipinski definition) is 5. The summed E-state index contributed by atoms with van der Waals surface area (Å²) in [4.78, 5) is 29.4. The standard InChI is InChI=1S/C17H17N3O3S/c1-23-16(22)14(9-12-5-3-2-4-6-12)19-15(21)10-13-11-20-7-8-24-17(20)18-13/h2-8,11,14H,9-10H2,1H3,(H,19,21)/t14-/m1/s1. The molecule has 1 atom stereocenters. The number of esters is 1. The van der Waals surface area contributed by atoms with Crippen molar-refractivity contribution in [3.05, 3.63) is 59.4 Å². The third kappa shape index (κ3) is 3.80. The second-order valence-electron chi connectivity index (χ2n) is 5.33. The first-order valence-electron chi connectivity index (χ1n) is 7.48. The molecule has 3 rings (SSSR count). The topological polar surface area (TPSA) is 72.7 Å². The lowest BCUT2D eigenvalue weighted by atomic mass is 10.1. The molecular formula is C17H17N3O3S. The van der Waals surface area contributed by atoms with Gasteiger partial charge < -0.3 is 10.1 Å². The number of rotatable bonds is 6. The van der Waals surface area contributed by atoms with Gasteiger partial charge in [0.1, 0.15) is 6.04 Å². The maximum Gasteiger partial charge on any atom is 0.328 e. The number of nitrogens with one attached hydrogen (secondary N) is 1. The maximum absolute atomic E-state index is 12.3. The number of carbonyl (C=O) groups is 2. The molecule has 0 aliphatic carbocycles. The Morgan fingerprint density at radius 1 is 1.33 bits per heavy atom. The summed E-state index contributed by atoms with van der Waals surface area (Å²) in [5.41, 5.74) is 1.62. The van der Waals surface area contributed by atoms with Crippen LogP contribution in [0.3, 0.4) is 0 Å². The van der Waals surface area contributed by atoms with Crippen LogP contribution < -0.4 is 5.32 Å². The van der Waals surface area contributed by atoms with Crippen LogP contribution in [0.2, 0.25) is 0 Å². The predicted molar refractivity (Wildman–Crippen MR) is 90.9 cm³/mol. The van der Waals surface area contributed by atoms with Crippen LogP contribution in [0.25, 0.3) is 4.96 Å². The second kappa shape index (κ2) is 7.27. The molecule has 0 spiro atoms. The third-order valence-corrected chi connectivity index (χ3v) is 4.36. The van der Waals surface area contributed by atoms with Crippen molar-refractivity contribution in [2.75, 3.05) is 7.11 Å². The molecule has 1 amide bonds. The molecule has 2 aromatic heterocycles. The monoisotopic (exact) mass is 343 g/mol. The van der Waals surface area contributed by atoms with Crippen molar-refractivity contribution < 1.29 is 14.3 Å². The normalized spacial score (nSPS) is 12.0. The lowest BCUT2D eigenvalue weighted by molar-refractivity contribution is -0.145. The van der Waals surface area contributed by atoms with Gasteiger partial charge in [-0.2, -0.15) is 0 Å². The largest absolute Gasteiger partial charge is 0.467 e. The quantitative estimate of drug-likeness (QED) is 0.693. The van der Waals surface area contributed by atoms with E-state index in [1.54, 1.807) is 0 Å². The number of benzene rings is 1. The minimum atomic E-state index is -0.714. The highest BCUT2D eigenvalue weighted by Crippen LogP contribution is 2.12. The Kier molecular flexibility index (Phi) is 4.90. The fourth-order valence-corrected chi connectivity index (χ4v) is 3.18. The Labute approximate surface area is 143 Å². The molecule has 6 nitrogen and oxygen atoms in total. The molecule has 0 saturated heterocycles. The zero-order chi connectivity index (χ0) is 16.9. The minimum absolute atomic E-state index is 0.122. The van der Waals surface area contributed by atoms with E-state index in [1.807, 2.05) is 52.5 Å². The summed E-state index contributed by atoms with van der Waals surface area (Å²) < 4.78 is 6.67. The van der Waals surface area contributed by atoms with Crippen molar-refractivity contribution in [1.29, 1.82) is 0 Å². The SMILES string of the molecule is COC(=O)[C@@H](Cc1ccccc1)NC(=O)Cc1cn2ccsc2n1. The fourth-order valence-electron chi connectivity index (χ4n) is 2.46. The molecule has 0 fully saturated rings. The van der Waals surface area contributed by atoms with Gasteiger partial charge in [-0.25, -0.2) is 9.78 Å². The molecule has 124 valence electrons. The Morgan fingerprint density at radius 2 is 2.12 bits per heavy atom. The molecule has 0 radical (unpaired) electrons. The highest BCUT2D eigenvalue weighted by Gasteiger charge is 2.22. The Hall–Kier alpha value is -2.67. The molecule has 2 heterocycles. The summed E-state index contributed by atoms with van der Waals surface area (Å²) >= 11 is 1.51. The number of carbonyl (C=O) groups excluding carboxylic acids is 2. The molecule has 0 bridgehead atoms. The van der Waals surface area contributed by atoms with Gasteiger partial charge >= 0.3 is 5.97 Å². The molecular weight excluding hydrogens is 326 g/mol. The van der Waals surface area contributed by atoms with Gasteiger partial charge in [0, 0.05) is 24.2 Å². The van der Waals surface area contributed by atoms with E-state index in [0.717, 1.165) is 10.5 Å². The second-order valence-corrected chi connectivity index (χ2v) is 6.21. The zero-order valence-electron chi connectivity index (χ0n) is 13.1. The number of amides is 1. The van der Waals surface area contributed by atoms with E-state index in [1.165, 1.54) is 18.4 Å². The van der Waals surface area contributed by atoms with Crippen LogP contribution in [0.15, 0.2) is 48.1 Å². The van der Waals surface area contributed by atoms with E-state index in [9.17, 15) is 9.59 Å². The molecule has 0 aliphatic rings. The van der Waals surface area contributed by atoms with Crippen LogP contribution in [0.1, 0.15) is 11.3 Å². The Bertz CT molecular complexity index is 813. The lowest BCUT2D eigenvalue weighted by Crippen LogP contribution is -2.43. The average molecular weight is 343 g/mol. The van der Waals surface area contributed by atoms with Crippen molar-refractivity contribution in [3.63, 3.8) is 0 Å². The number of methoxy groups -OCH3 is 1. The number of ether oxygens (including phenoxy) is 1. The zero-order valence-corrected chi connectivity index (χ0v) is 14.0. The van der Waals surface area contributed by atoms with E-state index in [2.05, 4.69) is 10.3 Å². The molecule has 1 N–H and O–H groups in total. The lowest BCUT2D eigenvalue weighted by Gasteiger charge is -2.16. The molecule has 3 aromatic rings. The maximum atomic E-state index is 12.3. The van der Waals surface area contributed by atoms with Gasteiger partial charge in [0.15, 0.2) is 4.96 Å². The third-order valence-electron chi connectivity index (χ3n) is 3.59. The number of imidazole rings is 1. The van der Waals surface area contributed by atoms with Gasteiger partial charge in [0.05, 0.1) is 19.2 Å². The number of thiazole rings is 1. The van der Waals surface area contributed by atoms with Crippen molar-refractivity contribution in [2.45, 2.75) is 18.9 Å². The van der Waals surface area contributed by atoms with Crippen molar-refractivity contribution in [3.8, 4) is 0 Å². The summed E-state index contributed by atoms with van der Waals surface area (Å²) in [7, 11) is 1.32. The minimum Gasteiger partial charge on any atom is -0.467 e. The first-order chi connectivity index (χ1) is 11.7. The number of nitrogens with zero attached hydrogens (tertiary/aromatic N) is 2. The summed E-state index contributed by atoms with van der Waals surface area (Å²) in [6.07, 6.45) is 4.21. The van der Waals surface area contributed by atoms with Gasteiger partial charge in [-0.1, -0.05) is 30.3 Å². The summed E-state index contributed by atoms with van der Waals surface area (Å²) in [5, 5.41) is 4.67. The van der Waals surface area contributed by atoms with Crippen LogP contribution in [0.5, 0.6) is 0 Å². The first kappa shape index (κ1) is 16.2. The Morgan fingerprint density at radius 3 is 2.83 bits per heavy atom. The summed E-state index contributed by atoms with van der Waals surface area (Å²) in [6.45, 7) is 0. The van der Waals surface area contributed by atoms with Crippen LogP contribution in [0, 0.1) is 0 Å². The van der Waals surface area contributed by atoms with E-state index in [-0.39, 0.29) is 12.3 Å². The summed E-state index contributed by atoms with van der Waals surface area (Å²) in [6, 6.07) is 8.79. The number of fused-ring (bicyclic) bond motifs is 1. The molecule has 0 saturated carbocycles. The highest BCUT2D eigenvalue weighted by atomic mass is 32.1. The van der Waals surface area contributed by atoms with Gasteiger partial charge in [-0.05, 0) is 5.56 Å². The predicted octanol–water partition coefficient (Wildman–Crippen LogP) is 1.84.